The van der Waals surface area contributed by atoms with Gasteiger partial charge < -0.3 is 0 Å². The van der Waals surface area contributed by atoms with Gasteiger partial charge in [-0.15, -0.1) is 0 Å². The molecule has 2 rings (SSSR count). The van der Waals surface area contributed by atoms with Crippen LogP contribution in [-0.4, -0.2) is 11.4 Å². The molecular formula is C14H23NV. The van der Waals surface area contributed by atoms with Crippen LogP contribution in [0.5, 0.6) is 0 Å². The first-order valence-electron chi connectivity index (χ1n) is 6.06. The summed E-state index contributed by atoms with van der Waals surface area (Å²) in [5, 5.41) is 0. The van der Waals surface area contributed by atoms with Gasteiger partial charge in [-0.1, -0.05) is 27.7 Å². The summed E-state index contributed by atoms with van der Waals surface area (Å²) in [4.78, 5) is 2.25. The van der Waals surface area contributed by atoms with Crippen LogP contribution in [0.4, 0.5) is 5.69 Å². The van der Waals surface area contributed by atoms with Crippen LogP contribution >= 0.6 is 0 Å². The SMILES string of the molecule is CC.CC.Cc1ccc2c(c1)N(C)[C](=[V])C2. The molecule has 0 saturated heterocycles. The van der Waals surface area contributed by atoms with Crippen LogP contribution in [-0.2, 0) is 23.4 Å². The van der Waals surface area contributed by atoms with E-state index in [-0.39, 0.29) is 0 Å². The summed E-state index contributed by atoms with van der Waals surface area (Å²) in [6.07, 6.45) is 1.09. The molecule has 0 unspecified atom stereocenters. The van der Waals surface area contributed by atoms with Crippen molar-refractivity contribution < 1.29 is 17.0 Å². The fourth-order valence-corrected chi connectivity index (χ4v) is 2.00. The van der Waals surface area contributed by atoms with E-state index in [2.05, 4.69) is 54.0 Å². The molecule has 0 bridgehead atoms. The number of benzene rings is 1. The first kappa shape index (κ1) is 15.5. The molecule has 1 heterocycles. The molecule has 0 radical (unpaired) electrons. The quantitative estimate of drug-likeness (QED) is 0.684. The number of hydrogen-bond acceptors (Lipinski definition) is 1. The predicted octanol–water partition coefficient (Wildman–Crippen LogP) is 3.72. The topological polar surface area (TPSA) is 3.24 Å². The number of nitrogens with zero attached hydrogens (tertiary/aromatic N) is 1. The third-order valence-corrected chi connectivity index (χ3v) is 3.05. The van der Waals surface area contributed by atoms with Gasteiger partial charge >= 0.3 is 81.6 Å². The number of rotatable bonds is 0. The molecule has 1 nitrogen and oxygen atoms in total. The summed E-state index contributed by atoms with van der Waals surface area (Å²) in [6.45, 7) is 10.1. The van der Waals surface area contributed by atoms with Crippen molar-refractivity contribution in [3.63, 3.8) is 0 Å². The molecule has 0 aromatic heterocycles. The van der Waals surface area contributed by atoms with Gasteiger partial charge in [0.15, 0.2) is 0 Å². The minimum absolute atomic E-state index is 1.09. The summed E-state index contributed by atoms with van der Waals surface area (Å²) in [7, 11) is 2.12. The Balaban J connectivity index is 0.000000509. The second-order valence-electron chi connectivity index (χ2n) is 3.28. The van der Waals surface area contributed by atoms with E-state index in [1.54, 1.807) is 0 Å². The number of hydrogen-bond donors (Lipinski definition) is 0. The molecule has 1 aliphatic heterocycles. The van der Waals surface area contributed by atoms with Gasteiger partial charge in [0, 0.05) is 0 Å². The summed E-state index contributed by atoms with van der Waals surface area (Å²) < 4.78 is 1.38. The van der Waals surface area contributed by atoms with E-state index >= 15 is 0 Å². The normalized spacial score (nSPS) is 12.1. The van der Waals surface area contributed by atoms with Crippen molar-refractivity contribution in [2.75, 3.05) is 11.9 Å². The molecule has 0 amide bonds. The van der Waals surface area contributed by atoms with Gasteiger partial charge in [0.05, 0.1) is 0 Å². The maximum absolute atomic E-state index is 2.64. The van der Waals surface area contributed by atoms with Gasteiger partial charge in [0.25, 0.3) is 0 Å². The Labute approximate surface area is 109 Å². The molecule has 89 valence electrons. The van der Waals surface area contributed by atoms with Crippen LogP contribution in [0.15, 0.2) is 18.2 Å². The molecule has 0 spiro atoms. The van der Waals surface area contributed by atoms with E-state index < -0.39 is 0 Å². The van der Waals surface area contributed by atoms with Crippen LogP contribution in [0, 0.1) is 6.92 Å². The third-order valence-electron chi connectivity index (χ3n) is 2.34. The van der Waals surface area contributed by atoms with Crippen molar-refractivity contribution in [1.82, 2.24) is 0 Å². The molecule has 16 heavy (non-hydrogen) atoms. The second kappa shape index (κ2) is 7.70. The Morgan fingerprint density at radius 3 is 2.25 bits per heavy atom. The Hall–Kier alpha value is -0.526. The molecule has 1 aromatic rings. The van der Waals surface area contributed by atoms with Gasteiger partial charge in [0.2, 0.25) is 0 Å². The number of anilines is 1. The first-order chi connectivity index (χ1) is 7.68. The molecular weight excluding hydrogens is 233 g/mol. The Morgan fingerprint density at radius 2 is 1.69 bits per heavy atom. The average Bonchev–Trinajstić information content (AvgIpc) is 2.61. The average molecular weight is 256 g/mol. The molecule has 1 aliphatic rings. The van der Waals surface area contributed by atoms with E-state index in [0.717, 1.165) is 6.42 Å². The van der Waals surface area contributed by atoms with Crippen molar-refractivity contribution in [1.29, 1.82) is 0 Å². The van der Waals surface area contributed by atoms with Gasteiger partial charge in [-0.3, -0.25) is 0 Å². The standard InChI is InChI=1S/C10H11N.2C2H6.V/c1-8-3-4-9-5-6-11(2)10(9)7-8;2*1-2;/h3-4,7H,5H2,1-2H3;2*1-2H3;. The third kappa shape index (κ3) is 3.50. The van der Waals surface area contributed by atoms with Crippen molar-refractivity contribution >= 4 is 10.0 Å². The zero-order chi connectivity index (χ0) is 12.7. The number of fused-ring (bicyclic) bond motifs is 1. The molecule has 0 N–H and O–H groups in total. The Kier molecular flexibility index (Phi) is 7.45. The van der Waals surface area contributed by atoms with Crippen LogP contribution in [0.2, 0.25) is 0 Å². The number of likely N-dealkylation sites (N-methyl/N-ethyl adjacent to an activating group) is 1. The zero-order valence-electron chi connectivity index (χ0n) is 11.3. The summed E-state index contributed by atoms with van der Waals surface area (Å²) in [5.74, 6) is 0. The van der Waals surface area contributed by atoms with Crippen LogP contribution in [0.1, 0.15) is 38.8 Å². The van der Waals surface area contributed by atoms with E-state index in [0.29, 0.717) is 0 Å². The summed E-state index contributed by atoms with van der Waals surface area (Å²) >= 11 is 2.64. The van der Waals surface area contributed by atoms with Crippen molar-refractivity contribution in [2.24, 2.45) is 0 Å². The van der Waals surface area contributed by atoms with Crippen LogP contribution in [0.3, 0.4) is 0 Å². The minimum atomic E-state index is 1.09. The van der Waals surface area contributed by atoms with E-state index in [1.165, 1.54) is 21.2 Å². The molecule has 0 saturated carbocycles. The van der Waals surface area contributed by atoms with E-state index in [9.17, 15) is 0 Å². The fraction of sp³-hybridized carbons (Fsp3) is 0.500. The van der Waals surface area contributed by atoms with Crippen molar-refractivity contribution in [3.05, 3.63) is 29.3 Å². The van der Waals surface area contributed by atoms with Gasteiger partial charge in [-0.05, 0) is 0 Å². The number of aryl methyl sites for hydroxylation is 1. The summed E-state index contributed by atoms with van der Waals surface area (Å²) in [6, 6.07) is 6.65. The predicted molar refractivity (Wildman–Crippen MR) is 71.0 cm³/mol. The van der Waals surface area contributed by atoms with Gasteiger partial charge in [0.1, 0.15) is 0 Å². The van der Waals surface area contributed by atoms with Crippen LogP contribution < -0.4 is 4.90 Å². The molecule has 0 fully saturated rings. The Bertz CT molecular complexity index is 345. The zero-order valence-corrected chi connectivity index (χ0v) is 12.7. The molecule has 0 aliphatic carbocycles. The van der Waals surface area contributed by atoms with Crippen molar-refractivity contribution in [3.8, 4) is 0 Å². The van der Waals surface area contributed by atoms with Crippen molar-refractivity contribution in [2.45, 2.75) is 41.0 Å². The summed E-state index contributed by atoms with van der Waals surface area (Å²) in [5.41, 5.74) is 4.15. The van der Waals surface area contributed by atoms with Crippen LogP contribution in [0.25, 0.3) is 0 Å². The molecule has 0 atom stereocenters. The monoisotopic (exact) mass is 256 g/mol. The molecule has 1 aromatic carbocycles. The van der Waals surface area contributed by atoms with E-state index in [4.69, 9.17) is 0 Å². The second-order valence-corrected chi connectivity index (χ2v) is 4.09. The van der Waals surface area contributed by atoms with E-state index in [1.807, 2.05) is 27.7 Å². The fourth-order valence-electron chi connectivity index (χ4n) is 1.56. The molecule has 2 heteroatoms. The van der Waals surface area contributed by atoms with Gasteiger partial charge in [-0.25, -0.2) is 0 Å². The Morgan fingerprint density at radius 1 is 1.12 bits per heavy atom. The van der Waals surface area contributed by atoms with Gasteiger partial charge in [-0.2, -0.15) is 0 Å². The maximum atomic E-state index is 2.64. The first-order valence-corrected chi connectivity index (χ1v) is 6.76.